The largest absolute Gasteiger partial charge is 0.383 e. The molecule has 4 heteroatoms. The Labute approximate surface area is 137 Å². The first-order valence-corrected chi connectivity index (χ1v) is 8.54. The van der Waals surface area contributed by atoms with E-state index in [2.05, 4.69) is 58.2 Å². The Hall–Kier alpha value is -0.580. The molecule has 1 saturated heterocycles. The highest BCUT2D eigenvalue weighted by atomic mass is 79.9. The van der Waals surface area contributed by atoms with E-state index < -0.39 is 0 Å². The van der Waals surface area contributed by atoms with Gasteiger partial charge in [-0.3, -0.25) is 0 Å². The van der Waals surface area contributed by atoms with Crippen LogP contribution >= 0.6 is 15.9 Å². The van der Waals surface area contributed by atoms with Crippen molar-refractivity contribution in [3.8, 4) is 0 Å². The van der Waals surface area contributed by atoms with Crippen molar-refractivity contribution in [3.05, 3.63) is 28.2 Å². The molecule has 1 aliphatic heterocycles. The third-order valence-electron chi connectivity index (χ3n) is 4.28. The molecule has 0 saturated carbocycles. The minimum Gasteiger partial charge on any atom is -0.383 e. The zero-order valence-electron chi connectivity index (χ0n) is 13.4. The molecule has 0 aromatic heterocycles. The predicted molar refractivity (Wildman–Crippen MR) is 93.0 cm³/mol. The lowest BCUT2D eigenvalue weighted by Crippen LogP contribution is -2.37. The van der Waals surface area contributed by atoms with Crippen molar-refractivity contribution in [2.24, 2.45) is 5.41 Å². The summed E-state index contributed by atoms with van der Waals surface area (Å²) in [5.74, 6) is 0. The number of hydrogen-bond acceptors (Lipinski definition) is 3. The van der Waals surface area contributed by atoms with Gasteiger partial charge in [0, 0.05) is 37.8 Å². The Morgan fingerprint density at radius 1 is 1.29 bits per heavy atom. The molecule has 0 spiro atoms. The topological polar surface area (TPSA) is 24.5 Å². The first-order valence-electron chi connectivity index (χ1n) is 7.75. The fourth-order valence-corrected chi connectivity index (χ4v) is 3.35. The number of nitrogens with zero attached hydrogens (tertiary/aromatic N) is 1. The molecule has 0 aliphatic carbocycles. The highest BCUT2D eigenvalue weighted by Crippen LogP contribution is 2.35. The number of anilines is 1. The van der Waals surface area contributed by atoms with Crippen LogP contribution in [0.5, 0.6) is 0 Å². The van der Waals surface area contributed by atoms with E-state index in [0.717, 1.165) is 32.8 Å². The second-order valence-corrected chi connectivity index (χ2v) is 7.46. The molecule has 1 fully saturated rings. The summed E-state index contributed by atoms with van der Waals surface area (Å²) < 4.78 is 6.24. The number of piperidine rings is 1. The maximum atomic E-state index is 5.04. The van der Waals surface area contributed by atoms with E-state index in [9.17, 15) is 0 Å². The Morgan fingerprint density at radius 2 is 2.00 bits per heavy atom. The van der Waals surface area contributed by atoms with E-state index >= 15 is 0 Å². The molecule has 118 valence electrons. The number of ether oxygens (including phenoxy) is 1. The molecule has 21 heavy (non-hydrogen) atoms. The molecule has 3 nitrogen and oxygen atoms in total. The maximum Gasteiger partial charge on any atom is 0.0587 e. The van der Waals surface area contributed by atoms with Crippen molar-refractivity contribution in [1.29, 1.82) is 0 Å². The first kappa shape index (κ1) is 16.8. The van der Waals surface area contributed by atoms with Gasteiger partial charge in [-0.1, -0.05) is 19.9 Å². The van der Waals surface area contributed by atoms with Crippen molar-refractivity contribution in [3.63, 3.8) is 0 Å². The smallest absolute Gasteiger partial charge is 0.0587 e. The quantitative estimate of drug-likeness (QED) is 0.786. The summed E-state index contributed by atoms with van der Waals surface area (Å²) in [5.41, 5.74) is 3.12. The number of hydrogen-bond donors (Lipinski definition) is 1. The van der Waals surface area contributed by atoms with E-state index in [0.29, 0.717) is 5.41 Å². The molecular formula is C17H27BrN2O. The van der Waals surface area contributed by atoms with Crippen molar-refractivity contribution < 1.29 is 4.74 Å². The fourth-order valence-electron chi connectivity index (χ4n) is 2.68. The second kappa shape index (κ2) is 7.61. The standard InChI is InChI=1S/C17H27BrN2O/c1-17(2)6-9-20(10-7-17)16-5-4-14(12-15(16)18)13-19-8-11-21-3/h4-5,12,19H,6-11,13H2,1-3H3. The van der Waals surface area contributed by atoms with Crippen LogP contribution in [-0.4, -0.2) is 33.4 Å². The lowest BCUT2D eigenvalue weighted by Gasteiger charge is -2.38. The van der Waals surface area contributed by atoms with Crippen LogP contribution in [0, 0.1) is 5.41 Å². The van der Waals surface area contributed by atoms with Crippen LogP contribution in [0.3, 0.4) is 0 Å². The average molecular weight is 355 g/mol. The van der Waals surface area contributed by atoms with Crippen molar-refractivity contribution in [2.75, 3.05) is 38.3 Å². The Morgan fingerprint density at radius 3 is 2.62 bits per heavy atom. The van der Waals surface area contributed by atoms with Crippen LogP contribution in [0.1, 0.15) is 32.3 Å². The van der Waals surface area contributed by atoms with Gasteiger partial charge in [0.25, 0.3) is 0 Å². The molecule has 0 radical (unpaired) electrons. The number of nitrogens with one attached hydrogen (secondary N) is 1. The Kier molecular flexibility index (Phi) is 6.08. The third-order valence-corrected chi connectivity index (χ3v) is 4.92. The summed E-state index contributed by atoms with van der Waals surface area (Å²) in [6.45, 7) is 9.56. The number of benzene rings is 1. The summed E-state index contributed by atoms with van der Waals surface area (Å²) in [5, 5.41) is 3.38. The molecule has 0 bridgehead atoms. The summed E-state index contributed by atoms with van der Waals surface area (Å²) in [6, 6.07) is 6.70. The number of methoxy groups -OCH3 is 1. The normalized spacial score (nSPS) is 18.0. The molecule has 2 rings (SSSR count). The van der Waals surface area contributed by atoms with Gasteiger partial charge in [-0.25, -0.2) is 0 Å². The van der Waals surface area contributed by atoms with Gasteiger partial charge in [-0.15, -0.1) is 0 Å². The molecule has 1 N–H and O–H groups in total. The van der Waals surface area contributed by atoms with Crippen LogP contribution in [-0.2, 0) is 11.3 Å². The molecular weight excluding hydrogens is 328 g/mol. The lowest BCUT2D eigenvalue weighted by molar-refractivity contribution is 0.199. The zero-order valence-corrected chi connectivity index (χ0v) is 15.0. The molecule has 1 aliphatic rings. The van der Waals surface area contributed by atoms with E-state index in [1.165, 1.54) is 28.6 Å². The average Bonchev–Trinajstić information content (AvgIpc) is 2.44. The van der Waals surface area contributed by atoms with Crippen molar-refractivity contribution >= 4 is 21.6 Å². The van der Waals surface area contributed by atoms with Gasteiger partial charge in [-0.05, 0) is 51.9 Å². The van der Waals surface area contributed by atoms with Crippen LogP contribution in [0.25, 0.3) is 0 Å². The molecule has 1 aromatic carbocycles. The fraction of sp³-hybridized carbons (Fsp3) is 0.647. The highest BCUT2D eigenvalue weighted by molar-refractivity contribution is 9.10. The lowest BCUT2D eigenvalue weighted by atomic mass is 9.82. The number of rotatable bonds is 6. The summed E-state index contributed by atoms with van der Waals surface area (Å²) in [7, 11) is 1.73. The predicted octanol–water partition coefficient (Wildman–Crippen LogP) is 3.81. The molecule has 0 unspecified atom stereocenters. The molecule has 0 amide bonds. The SMILES string of the molecule is COCCNCc1ccc(N2CCC(C)(C)CC2)c(Br)c1. The minimum absolute atomic E-state index is 0.494. The van der Waals surface area contributed by atoms with Gasteiger partial charge in [-0.2, -0.15) is 0 Å². The van der Waals surface area contributed by atoms with Crippen LogP contribution < -0.4 is 10.2 Å². The first-order chi connectivity index (χ1) is 10.0. The van der Waals surface area contributed by atoms with E-state index in [1.54, 1.807) is 7.11 Å². The minimum atomic E-state index is 0.494. The van der Waals surface area contributed by atoms with Gasteiger partial charge in [0.1, 0.15) is 0 Å². The Balaban J connectivity index is 1.93. The van der Waals surface area contributed by atoms with Gasteiger partial charge in [0.05, 0.1) is 12.3 Å². The molecule has 1 heterocycles. The van der Waals surface area contributed by atoms with Gasteiger partial charge in [0.2, 0.25) is 0 Å². The second-order valence-electron chi connectivity index (χ2n) is 6.61. The van der Waals surface area contributed by atoms with E-state index in [-0.39, 0.29) is 0 Å². The summed E-state index contributed by atoms with van der Waals surface area (Å²) in [4.78, 5) is 2.50. The van der Waals surface area contributed by atoms with Crippen LogP contribution in [0.15, 0.2) is 22.7 Å². The highest BCUT2D eigenvalue weighted by Gasteiger charge is 2.26. The van der Waals surface area contributed by atoms with Crippen LogP contribution in [0.4, 0.5) is 5.69 Å². The number of halogens is 1. The van der Waals surface area contributed by atoms with Gasteiger partial charge >= 0.3 is 0 Å². The zero-order chi connectivity index (χ0) is 15.3. The molecule has 1 aromatic rings. The van der Waals surface area contributed by atoms with Crippen LogP contribution in [0.2, 0.25) is 0 Å². The van der Waals surface area contributed by atoms with E-state index in [4.69, 9.17) is 4.74 Å². The van der Waals surface area contributed by atoms with Gasteiger partial charge < -0.3 is 15.0 Å². The summed E-state index contributed by atoms with van der Waals surface area (Å²) in [6.07, 6.45) is 2.53. The van der Waals surface area contributed by atoms with Crippen molar-refractivity contribution in [2.45, 2.75) is 33.2 Å². The summed E-state index contributed by atoms with van der Waals surface area (Å²) >= 11 is 3.74. The Bertz CT molecular complexity index is 452. The molecule has 0 atom stereocenters. The maximum absolute atomic E-state index is 5.04. The third kappa shape index (κ3) is 4.97. The van der Waals surface area contributed by atoms with E-state index in [1.807, 2.05) is 0 Å². The van der Waals surface area contributed by atoms with Gasteiger partial charge in [0.15, 0.2) is 0 Å². The van der Waals surface area contributed by atoms with Crippen molar-refractivity contribution in [1.82, 2.24) is 5.32 Å². The monoisotopic (exact) mass is 354 g/mol.